The molecule has 1 aliphatic rings. The highest BCUT2D eigenvalue weighted by molar-refractivity contribution is 6.30. The van der Waals surface area contributed by atoms with Gasteiger partial charge < -0.3 is 10.4 Å². The molecule has 17 heavy (non-hydrogen) atoms. The molecule has 0 saturated heterocycles. The third-order valence-electron chi connectivity index (χ3n) is 3.29. The Morgan fingerprint density at radius 3 is 2.94 bits per heavy atom. The minimum Gasteiger partial charge on any atom is -0.394 e. The van der Waals surface area contributed by atoms with Crippen molar-refractivity contribution in [1.29, 1.82) is 0 Å². The van der Waals surface area contributed by atoms with Gasteiger partial charge in [-0.1, -0.05) is 11.6 Å². The number of anilines is 1. The van der Waals surface area contributed by atoms with Gasteiger partial charge in [0.2, 0.25) is 5.95 Å². The molecule has 0 unspecified atom stereocenters. The smallest absolute Gasteiger partial charge is 0.243 e. The lowest BCUT2D eigenvalue weighted by atomic mass is 9.77. The Morgan fingerprint density at radius 2 is 2.29 bits per heavy atom. The van der Waals surface area contributed by atoms with Crippen molar-refractivity contribution in [3.63, 3.8) is 0 Å². The minimum absolute atomic E-state index is 0.114. The van der Waals surface area contributed by atoms with Crippen LogP contribution in [0.25, 0.3) is 5.65 Å². The number of hydrogen-bond acceptors (Lipinski definition) is 4. The number of aliphatic hydroxyl groups is 1. The molecule has 1 aliphatic carbocycles. The molecule has 1 fully saturated rings. The molecule has 1 saturated carbocycles. The molecule has 2 aromatic heterocycles. The van der Waals surface area contributed by atoms with Gasteiger partial charge in [0.15, 0.2) is 5.65 Å². The second kappa shape index (κ2) is 3.85. The molecule has 2 N–H and O–H groups in total. The first kappa shape index (κ1) is 10.8. The lowest BCUT2D eigenvalue weighted by molar-refractivity contribution is 0.143. The highest BCUT2D eigenvalue weighted by Gasteiger charge is 2.37. The van der Waals surface area contributed by atoms with Crippen molar-refractivity contribution < 1.29 is 5.11 Å². The van der Waals surface area contributed by atoms with E-state index < -0.39 is 0 Å². The molecule has 3 rings (SSSR count). The largest absolute Gasteiger partial charge is 0.394 e. The van der Waals surface area contributed by atoms with Crippen LogP contribution in [0, 0.1) is 0 Å². The van der Waals surface area contributed by atoms with Crippen LogP contribution in [0.1, 0.15) is 19.3 Å². The van der Waals surface area contributed by atoms with Gasteiger partial charge in [-0.25, -0.2) is 4.52 Å². The van der Waals surface area contributed by atoms with E-state index in [9.17, 15) is 5.11 Å². The first-order valence-electron chi connectivity index (χ1n) is 5.62. The summed E-state index contributed by atoms with van der Waals surface area (Å²) in [6.07, 6.45) is 4.76. The molecule has 90 valence electrons. The fourth-order valence-electron chi connectivity index (χ4n) is 2.07. The van der Waals surface area contributed by atoms with Crippen LogP contribution in [0.15, 0.2) is 18.3 Å². The van der Waals surface area contributed by atoms with E-state index in [1.807, 2.05) is 6.07 Å². The summed E-state index contributed by atoms with van der Waals surface area (Å²) >= 11 is 5.88. The summed E-state index contributed by atoms with van der Waals surface area (Å²) in [7, 11) is 0. The summed E-state index contributed by atoms with van der Waals surface area (Å²) < 4.78 is 1.63. The number of nitrogens with one attached hydrogen (secondary N) is 1. The first-order chi connectivity index (χ1) is 8.21. The predicted molar refractivity (Wildman–Crippen MR) is 65.3 cm³/mol. The molecule has 0 aliphatic heterocycles. The number of rotatable bonds is 3. The summed E-state index contributed by atoms with van der Waals surface area (Å²) in [4.78, 5) is 4.34. The van der Waals surface area contributed by atoms with Crippen LogP contribution in [0.3, 0.4) is 0 Å². The Morgan fingerprint density at radius 1 is 1.47 bits per heavy atom. The standard InChI is InChI=1S/C11H13ClN4O/c12-8-2-3-9-13-10(15-16(9)6-8)14-11(7-17)4-1-5-11/h2-3,6,17H,1,4-5,7H2,(H,14,15). The SMILES string of the molecule is OCC1(Nc2nc3ccc(Cl)cn3n2)CCC1. The molecule has 0 spiro atoms. The molecule has 0 radical (unpaired) electrons. The van der Waals surface area contributed by atoms with Gasteiger partial charge in [0, 0.05) is 6.20 Å². The maximum atomic E-state index is 9.37. The first-order valence-corrected chi connectivity index (χ1v) is 6.00. The van der Waals surface area contributed by atoms with Crippen molar-refractivity contribution in [2.75, 3.05) is 11.9 Å². The van der Waals surface area contributed by atoms with Crippen LogP contribution in [-0.4, -0.2) is 31.9 Å². The van der Waals surface area contributed by atoms with Gasteiger partial charge in [-0.3, -0.25) is 0 Å². The second-order valence-electron chi connectivity index (χ2n) is 4.50. The topological polar surface area (TPSA) is 62.5 Å². The van der Waals surface area contributed by atoms with Gasteiger partial charge in [-0.15, -0.1) is 5.10 Å². The number of aromatic nitrogens is 3. The van der Waals surface area contributed by atoms with E-state index in [0.29, 0.717) is 11.0 Å². The van der Waals surface area contributed by atoms with Crippen LogP contribution in [0.2, 0.25) is 5.02 Å². The highest BCUT2D eigenvalue weighted by atomic mass is 35.5. The average molecular weight is 253 g/mol. The molecule has 2 heterocycles. The van der Waals surface area contributed by atoms with Gasteiger partial charge in [0.05, 0.1) is 17.2 Å². The normalized spacial score (nSPS) is 18.0. The van der Waals surface area contributed by atoms with E-state index in [2.05, 4.69) is 15.4 Å². The van der Waals surface area contributed by atoms with Crippen molar-refractivity contribution in [3.05, 3.63) is 23.4 Å². The quantitative estimate of drug-likeness (QED) is 0.873. The summed E-state index contributed by atoms with van der Waals surface area (Å²) in [5, 5.41) is 17.5. The molecule has 6 heteroatoms. The van der Waals surface area contributed by atoms with E-state index in [1.165, 1.54) is 0 Å². The average Bonchev–Trinajstić information content (AvgIpc) is 2.65. The van der Waals surface area contributed by atoms with Gasteiger partial charge in [-0.2, -0.15) is 4.98 Å². The molecule has 2 aromatic rings. The Labute approximate surface area is 103 Å². The van der Waals surface area contributed by atoms with Gasteiger partial charge in [-0.05, 0) is 31.4 Å². The zero-order valence-corrected chi connectivity index (χ0v) is 9.98. The number of hydrogen-bond donors (Lipinski definition) is 2. The monoisotopic (exact) mass is 252 g/mol. The van der Waals surface area contributed by atoms with Crippen molar-refractivity contribution in [2.45, 2.75) is 24.8 Å². The van der Waals surface area contributed by atoms with Crippen molar-refractivity contribution in [3.8, 4) is 0 Å². The number of pyridine rings is 1. The highest BCUT2D eigenvalue weighted by Crippen LogP contribution is 2.34. The molecule has 0 atom stereocenters. The summed E-state index contributed by atoms with van der Waals surface area (Å²) in [5.74, 6) is 0.543. The minimum atomic E-state index is -0.227. The maximum absolute atomic E-state index is 9.37. The molecule has 0 amide bonds. The lowest BCUT2D eigenvalue weighted by Gasteiger charge is -2.40. The van der Waals surface area contributed by atoms with Crippen molar-refractivity contribution in [2.24, 2.45) is 0 Å². The lowest BCUT2D eigenvalue weighted by Crippen LogP contribution is -2.48. The Bertz CT molecular complexity index is 544. The van der Waals surface area contributed by atoms with Gasteiger partial charge >= 0.3 is 0 Å². The summed E-state index contributed by atoms with van der Waals surface area (Å²) in [6, 6.07) is 3.59. The number of aliphatic hydroxyl groups excluding tert-OH is 1. The van der Waals surface area contributed by atoms with Gasteiger partial charge in [0.1, 0.15) is 0 Å². The van der Waals surface area contributed by atoms with Crippen LogP contribution in [-0.2, 0) is 0 Å². The molecule has 0 aromatic carbocycles. The van der Waals surface area contributed by atoms with E-state index in [4.69, 9.17) is 11.6 Å². The van der Waals surface area contributed by atoms with E-state index in [-0.39, 0.29) is 12.1 Å². The molecular formula is C11H13ClN4O. The van der Waals surface area contributed by atoms with E-state index in [1.54, 1.807) is 16.8 Å². The van der Waals surface area contributed by atoms with E-state index in [0.717, 1.165) is 24.9 Å². The molecular weight excluding hydrogens is 240 g/mol. The zero-order chi connectivity index (χ0) is 11.9. The third kappa shape index (κ3) is 1.85. The Hall–Kier alpha value is -1.33. The van der Waals surface area contributed by atoms with E-state index >= 15 is 0 Å². The number of halogens is 1. The third-order valence-corrected chi connectivity index (χ3v) is 3.51. The summed E-state index contributed by atoms with van der Waals surface area (Å²) in [5.41, 5.74) is 0.513. The zero-order valence-electron chi connectivity index (χ0n) is 9.23. The van der Waals surface area contributed by atoms with Crippen molar-refractivity contribution >= 4 is 23.2 Å². The van der Waals surface area contributed by atoms with Gasteiger partial charge in [0.25, 0.3) is 0 Å². The van der Waals surface area contributed by atoms with Crippen LogP contribution in [0.5, 0.6) is 0 Å². The maximum Gasteiger partial charge on any atom is 0.243 e. The fraction of sp³-hybridized carbons (Fsp3) is 0.455. The number of nitrogens with zero attached hydrogens (tertiary/aromatic N) is 3. The second-order valence-corrected chi connectivity index (χ2v) is 4.94. The molecule has 5 nitrogen and oxygen atoms in total. The van der Waals surface area contributed by atoms with Crippen LogP contribution < -0.4 is 5.32 Å². The van der Waals surface area contributed by atoms with Crippen molar-refractivity contribution in [1.82, 2.24) is 14.6 Å². The van der Waals surface area contributed by atoms with Crippen LogP contribution in [0.4, 0.5) is 5.95 Å². The molecule has 0 bridgehead atoms. The van der Waals surface area contributed by atoms with Crippen LogP contribution >= 0.6 is 11.6 Å². The fourth-order valence-corrected chi connectivity index (χ4v) is 2.23. The Kier molecular flexibility index (Phi) is 2.45. The number of fused-ring (bicyclic) bond motifs is 1. The Balaban J connectivity index is 1.90. The predicted octanol–water partition coefficient (Wildman–Crippen LogP) is 1.71. The summed E-state index contributed by atoms with van der Waals surface area (Å²) in [6.45, 7) is 0.114.